The molecular weight excluding hydrogens is 216 g/mol. The van der Waals surface area contributed by atoms with E-state index in [0.717, 1.165) is 17.8 Å². The van der Waals surface area contributed by atoms with E-state index in [-0.39, 0.29) is 5.41 Å². The number of hydrogen-bond donors (Lipinski definition) is 2. The maximum atomic E-state index is 11.1. The van der Waals surface area contributed by atoms with Crippen molar-refractivity contribution in [2.75, 3.05) is 11.9 Å². The number of nitrogens with one attached hydrogen (secondary N) is 1. The molecule has 0 aromatic heterocycles. The standard InChI is InChI=1S/C13H12N2O2/c14-12(16)9-1-2-10-11(7-9)15-8-13(10)3-5-17-6-4-13/h1-7,15H,8H2,(H2,14,16). The van der Waals surface area contributed by atoms with Gasteiger partial charge in [-0.15, -0.1) is 0 Å². The van der Waals surface area contributed by atoms with E-state index in [2.05, 4.69) is 5.32 Å². The molecule has 2 aliphatic rings. The topological polar surface area (TPSA) is 64.4 Å². The van der Waals surface area contributed by atoms with Gasteiger partial charge in [-0.2, -0.15) is 0 Å². The lowest BCUT2D eigenvalue weighted by Crippen LogP contribution is -2.24. The Kier molecular flexibility index (Phi) is 1.98. The molecule has 0 bridgehead atoms. The van der Waals surface area contributed by atoms with Crippen molar-refractivity contribution in [1.82, 2.24) is 0 Å². The Balaban J connectivity index is 2.09. The fraction of sp³-hybridized carbons (Fsp3) is 0.154. The van der Waals surface area contributed by atoms with E-state index in [1.54, 1.807) is 24.7 Å². The largest absolute Gasteiger partial charge is 0.473 e. The molecule has 0 unspecified atom stereocenters. The van der Waals surface area contributed by atoms with Crippen molar-refractivity contribution in [1.29, 1.82) is 0 Å². The third kappa shape index (κ3) is 1.41. The summed E-state index contributed by atoms with van der Waals surface area (Å²) < 4.78 is 5.07. The molecule has 2 heterocycles. The van der Waals surface area contributed by atoms with Crippen LogP contribution in [0.5, 0.6) is 0 Å². The first-order valence-corrected chi connectivity index (χ1v) is 5.40. The SMILES string of the molecule is NC(=O)c1ccc2c(c1)NCC21C=COC=C1. The maximum Gasteiger partial charge on any atom is 0.248 e. The van der Waals surface area contributed by atoms with Crippen LogP contribution in [-0.4, -0.2) is 12.5 Å². The molecule has 4 heteroatoms. The molecule has 0 atom stereocenters. The van der Waals surface area contributed by atoms with E-state index in [9.17, 15) is 4.79 Å². The van der Waals surface area contributed by atoms with Gasteiger partial charge in [-0.1, -0.05) is 6.07 Å². The molecule has 86 valence electrons. The zero-order chi connectivity index (χ0) is 11.9. The summed E-state index contributed by atoms with van der Waals surface area (Å²) in [5, 5.41) is 3.29. The second kappa shape index (κ2) is 3.38. The first-order chi connectivity index (χ1) is 8.21. The van der Waals surface area contributed by atoms with E-state index < -0.39 is 5.91 Å². The van der Waals surface area contributed by atoms with Gasteiger partial charge in [0.05, 0.1) is 17.9 Å². The minimum absolute atomic E-state index is 0.163. The van der Waals surface area contributed by atoms with Gasteiger partial charge in [-0.3, -0.25) is 4.79 Å². The van der Waals surface area contributed by atoms with Crippen LogP contribution in [0.2, 0.25) is 0 Å². The fourth-order valence-corrected chi connectivity index (χ4v) is 2.31. The van der Waals surface area contributed by atoms with Crippen LogP contribution >= 0.6 is 0 Å². The molecule has 0 saturated heterocycles. The fourth-order valence-electron chi connectivity index (χ4n) is 2.31. The van der Waals surface area contributed by atoms with Crippen molar-refractivity contribution in [3.63, 3.8) is 0 Å². The quantitative estimate of drug-likeness (QED) is 0.765. The van der Waals surface area contributed by atoms with Crippen LogP contribution in [-0.2, 0) is 10.2 Å². The summed E-state index contributed by atoms with van der Waals surface area (Å²) >= 11 is 0. The molecule has 0 radical (unpaired) electrons. The number of amides is 1. The Morgan fingerprint density at radius 3 is 2.82 bits per heavy atom. The van der Waals surface area contributed by atoms with Crippen molar-refractivity contribution in [2.45, 2.75) is 5.41 Å². The van der Waals surface area contributed by atoms with Crippen LogP contribution in [0, 0.1) is 0 Å². The minimum Gasteiger partial charge on any atom is -0.473 e. The first kappa shape index (κ1) is 9.96. The highest BCUT2D eigenvalue weighted by Gasteiger charge is 2.35. The average molecular weight is 228 g/mol. The number of primary amides is 1. The Labute approximate surface area is 98.8 Å². The number of ether oxygens (including phenoxy) is 1. The normalized spacial score (nSPS) is 18.6. The molecule has 1 spiro atoms. The van der Waals surface area contributed by atoms with Crippen LogP contribution in [0.3, 0.4) is 0 Å². The third-order valence-electron chi connectivity index (χ3n) is 3.26. The molecule has 1 aromatic carbocycles. The summed E-state index contributed by atoms with van der Waals surface area (Å²) in [6, 6.07) is 5.49. The molecule has 2 aliphatic heterocycles. The number of carbonyl (C=O) groups excluding carboxylic acids is 1. The lowest BCUT2D eigenvalue weighted by atomic mass is 9.81. The van der Waals surface area contributed by atoms with Gasteiger partial charge in [0.25, 0.3) is 0 Å². The van der Waals surface area contributed by atoms with Gasteiger partial charge in [-0.05, 0) is 29.8 Å². The summed E-state index contributed by atoms with van der Waals surface area (Å²) in [4.78, 5) is 11.1. The number of carbonyl (C=O) groups is 1. The zero-order valence-electron chi connectivity index (χ0n) is 9.14. The Hall–Kier alpha value is -2.23. The molecule has 1 aromatic rings. The van der Waals surface area contributed by atoms with Gasteiger partial charge < -0.3 is 15.8 Å². The van der Waals surface area contributed by atoms with E-state index >= 15 is 0 Å². The van der Waals surface area contributed by atoms with Crippen LogP contribution in [0.4, 0.5) is 5.69 Å². The third-order valence-corrected chi connectivity index (χ3v) is 3.26. The van der Waals surface area contributed by atoms with Crippen molar-refractivity contribution < 1.29 is 9.53 Å². The summed E-state index contributed by atoms with van der Waals surface area (Å²) in [5.41, 5.74) is 7.72. The maximum absolute atomic E-state index is 11.1. The van der Waals surface area contributed by atoms with Gasteiger partial charge >= 0.3 is 0 Å². The van der Waals surface area contributed by atoms with Crippen LogP contribution in [0.1, 0.15) is 15.9 Å². The highest BCUT2D eigenvalue weighted by atomic mass is 16.5. The van der Waals surface area contributed by atoms with Crippen LogP contribution in [0.25, 0.3) is 0 Å². The molecule has 17 heavy (non-hydrogen) atoms. The summed E-state index contributed by atoms with van der Waals surface area (Å²) in [7, 11) is 0. The smallest absolute Gasteiger partial charge is 0.248 e. The van der Waals surface area contributed by atoms with E-state index in [1.807, 2.05) is 18.2 Å². The molecule has 1 amide bonds. The predicted molar refractivity (Wildman–Crippen MR) is 64.5 cm³/mol. The highest BCUT2D eigenvalue weighted by Crippen LogP contribution is 2.40. The molecule has 0 saturated carbocycles. The number of nitrogens with two attached hydrogens (primary N) is 1. The number of anilines is 1. The molecule has 0 fully saturated rings. The number of fused-ring (bicyclic) bond motifs is 2. The van der Waals surface area contributed by atoms with Crippen LogP contribution < -0.4 is 11.1 Å². The summed E-state index contributed by atoms with van der Waals surface area (Å²) in [6.45, 7) is 0.765. The van der Waals surface area contributed by atoms with Crippen molar-refractivity contribution in [3.05, 3.63) is 54.0 Å². The Bertz CT molecular complexity index is 534. The van der Waals surface area contributed by atoms with E-state index in [1.165, 1.54) is 0 Å². The van der Waals surface area contributed by atoms with Crippen molar-refractivity contribution in [3.8, 4) is 0 Å². The van der Waals surface area contributed by atoms with Gasteiger partial charge in [0.1, 0.15) is 0 Å². The number of benzene rings is 1. The van der Waals surface area contributed by atoms with Crippen molar-refractivity contribution in [2.24, 2.45) is 5.73 Å². The Morgan fingerprint density at radius 2 is 2.12 bits per heavy atom. The zero-order valence-corrected chi connectivity index (χ0v) is 9.14. The van der Waals surface area contributed by atoms with Gasteiger partial charge in [0, 0.05) is 17.8 Å². The van der Waals surface area contributed by atoms with E-state index in [0.29, 0.717) is 5.56 Å². The van der Waals surface area contributed by atoms with Gasteiger partial charge in [-0.25, -0.2) is 0 Å². The molecule has 0 aliphatic carbocycles. The lowest BCUT2D eigenvalue weighted by Gasteiger charge is -2.23. The monoisotopic (exact) mass is 228 g/mol. The summed E-state index contributed by atoms with van der Waals surface area (Å²) in [5.74, 6) is -0.409. The highest BCUT2D eigenvalue weighted by molar-refractivity contribution is 5.94. The minimum atomic E-state index is -0.409. The molecule has 3 rings (SSSR count). The number of hydrogen-bond acceptors (Lipinski definition) is 3. The molecular formula is C13H12N2O2. The van der Waals surface area contributed by atoms with Crippen LogP contribution in [0.15, 0.2) is 42.9 Å². The van der Waals surface area contributed by atoms with E-state index in [4.69, 9.17) is 10.5 Å². The average Bonchev–Trinajstić information content (AvgIpc) is 2.69. The van der Waals surface area contributed by atoms with Gasteiger partial charge in [0.15, 0.2) is 0 Å². The van der Waals surface area contributed by atoms with Gasteiger partial charge in [0.2, 0.25) is 5.91 Å². The van der Waals surface area contributed by atoms with Crippen molar-refractivity contribution >= 4 is 11.6 Å². The molecule has 3 N–H and O–H groups in total. The Morgan fingerprint density at radius 1 is 1.35 bits per heavy atom. The first-order valence-electron chi connectivity index (χ1n) is 5.40. The second-order valence-electron chi connectivity index (χ2n) is 4.26. The predicted octanol–water partition coefficient (Wildman–Crippen LogP) is 1.51. The lowest BCUT2D eigenvalue weighted by molar-refractivity contribution is 0.100. The second-order valence-corrected chi connectivity index (χ2v) is 4.26. The number of rotatable bonds is 1. The summed E-state index contributed by atoms with van der Waals surface area (Å²) in [6.07, 6.45) is 7.38. The molecule has 4 nitrogen and oxygen atoms in total.